The highest BCUT2D eigenvalue weighted by Gasteiger charge is 2.07. The van der Waals surface area contributed by atoms with Gasteiger partial charge in [0, 0.05) is 6.54 Å². The van der Waals surface area contributed by atoms with Crippen LogP contribution in [0.2, 0.25) is 0 Å². The summed E-state index contributed by atoms with van der Waals surface area (Å²) < 4.78 is 0. The standard InChI is InChI=1S/C8H17N5O4/c9-7(15)5-6(14)3-1-2-4-11-8(10)12-13(16)17/h6,14H,1-5H2,(H2,9,15)(H3,10,11,12)/t6-/m0/s1. The van der Waals surface area contributed by atoms with E-state index in [0.29, 0.717) is 25.8 Å². The van der Waals surface area contributed by atoms with Gasteiger partial charge in [0.15, 0.2) is 5.03 Å². The lowest BCUT2D eigenvalue weighted by molar-refractivity contribution is -0.485. The van der Waals surface area contributed by atoms with E-state index in [9.17, 15) is 20.0 Å². The molecule has 9 heteroatoms. The molecule has 0 saturated heterocycles. The second kappa shape index (κ2) is 8.28. The van der Waals surface area contributed by atoms with Crippen molar-refractivity contribution in [2.45, 2.75) is 31.8 Å². The number of aliphatic hydroxyl groups is 1. The normalized spacial score (nSPS) is 13.1. The Morgan fingerprint density at radius 3 is 2.65 bits per heavy atom. The van der Waals surface area contributed by atoms with Crippen LogP contribution in [0.1, 0.15) is 25.7 Å². The maximum absolute atomic E-state index is 10.4. The molecular formula is C8H17N5O4. The van der Waals surface area contributed by atoms with E-state index in [-0.39, 0.29) is 12.4 Å². The minimum Gasteiger partial charge on any atom is -0.393 e. The van der Waals surface area contributed by atoms with Crippen molar-refractivity contribution in [2.24, 2.45) is 16.6 Å². The van der Waals surface area contributed by atoms with Crippen LogP contribution in [0, 0.1) is 10.1 Å². The number of hydrogen-bond donors (Lipinski definition) is 4. The minimum atomic E-state index is -0.890. The highest BCUT2D eigenvalue weighted by atomic mass is 16.7. The van der Waals surface area contributed by atoms with E-state index >= 15 is 0 Å². The van der Waals surface area contributed by atoms with Crippen LogP contribution in [-0.2, 0) is 4.79 Å². The van der Waals surface area contributed by atoms with E-state index < -0.39 is 17.0 Å². The lowest BCUT2D eigenvalue weighted by Crippen LogP contribution is -2.33. The van der Waals surface area contributed by atoms with Crippen molar-refractivity contribution >= 4 is 11.9 Å². The number of nitrogens with zero attached hydrogens (tertiary/aromatic N) is 2. The van der Waals surface area contributed by atoms with Crippen LogP contribution in [0.15, 0.2) is 5.10 Å². The van der Waals surface area contributed by atoms with Gasteiger partial charge in [0.25, 0.3) is 5.96 Å². The second-order valence-corrected chi connectivity index (χ2v) is 3.47. The smallest absolute Gasteiger partial charge is 0.266 e. The van der Waals surface area contributed by atoms with Gasteiger partial charge < -0.3 is 21.9 Å². The van der Waals surface area contributed by atoms with E-state index in [4.69, 9.17) is 11.5 Å². The highest BCUT2D eigenvalue weighted by Crippen LogP contribution is 2.03. The van der Waals surface area contributed by atoms with Crippen LogP contribution < -0.4 is 16.8 Å². The average Bonchev–Trinajstić information content (AvgIpc) is 2.14. The minimum absolute atomic E-state index is 0.0572. The fraction of sp³-hybridized carbons (Fsp3) is 0.750. The fourth-order valence-electron chi connectivity index (χ4n) is 1.18. The van der Waals surface area contributed by atoms with Crippen molar-refractivity contribution in [3.8, 4) is 0 Å². The molecule has 0 aromatic heterocycles. The van der Waals surface area contributed by atoms with E-state index in [1.54, 1.807) is 0 Å². The predicted octanol–water partition coefficient (Wildman–Crippen LogP) is -1.51. The fourth-order valence-corrected chi connectivity index (χ4v) is 1.18. The number of hydrazone groups is 1. The SMILES string of the molecule is NC(=O)C[C@@H](O)CCCCNC(N)=N[N+](=O)[O-]. The number of carbonyl (C=O) groups is 1. The van der Waals surface area contributed by atoms with E-state index in [1.807, 2.05) is 0 Å². The number of amides is 1. The van der Waals surface area contributed by atoms with Gasteiger partial charge in [-0.15, -0.1) is 0 Å². The van der Waals surface area contributed by atoms with Gasteiger partial charge in [-0.05, 0) is 19.3 Å². The molecule has 0 aliphatic carbocycles. The number of carbonyl (C=O) groups excluding carboxylic acids is 1. The summed E-state index contributed by atoms with van der Waals surface area (Å²) >= 11 is 0. The zero-order chi connectivity index (χ0) is 13.3. The Morgan fingerprint density at radius 2 is 2.12 bits per heavy atom. The first-order chi connectivity index (χ1) is 7.91. The first-order valence-electron chi connectivity index (χ1n) is 5.10. The van der Waals surface area contributed by atoms with Crippen LogP contribution in [-0.4, -0.2) is 34.7 Å². The third-order valence-corrected chi connectivity index (χ3v) is 1.90. The molecule has 1 amide bonds. The van der Waals surface area contributed by atoms with Gasteiger partial charge >= 0.3 is 0 Å². The molecule has 17 heavy (non-hydrogen) atoms. The molecule has 0 fully saturated rings. The van der Waals surface area contributed by atoms with Gasteiger partial charge in [0.2, 0.25) is 5.91 Å². The molecule has 0 radical (unpaired) electrons. The zero-order valence-corrected chi connectivity index (χ0v) is 9.33. The molecule has 0 unspecified atom stereocenters. The number of hydrogen-bond acceptors (Lipinski definition) is 4. The number of guanidine groups is 1. The van der Waals surface area contributed by atoms with Crippen molar-refractivity contribution in [1.29, 1.82) is 0 Å². The molecule has 0 aliphatic heterocycles. The van der Waals surface area contributed by atoms with Crippen molar-refractivity contribution in [2.75, 3.05) is 6.54 Å². The van der Waals surface area contributed by atoms with Gasteiger partial charge in [0.1, 0.15) is 5.10 Å². The zero-order valence-electron chi connectivity index (χ0n) is 9.33. The maximum atomic E-state index is 10.4. The summed E-state index contributed by atoms with van der Waals surface area (Å²) in [5.41, 5.74) is 10.1. The van der Waals surface area contributed by atoms with Gasteiger partial charge in [-0.2, -0.15) is 0 Å². The number of nitrogens with two attached hydrogens (primary N) is 2. The van der Waals surface area contributed by atoms with Crippen molar-refractivity contribution in [3.05, 3.63) is 10.1 Å². The number of nitrogens with one attached hydrogen (secondary N) is 1. The summed E-state index contributed by atoms with van der Waals surface area (Å²) in [6, 6.07) is 0. The molecule has 0 saturated carbocycles. The van der Waals surface area contributed by atoms with Crippen LogP contribution in [0.5, 0.6) is 0 Å². The van der Waals surface area contributed by atoms with Crippen LogP contribution >= 0.6 is 0 Å². The third kappa shape index (κ3) is 10.4. The summed E-state index contributed by atoms with van der Waals surface area (Å²) in [7, 11) is 0. The molecule has 98 valence electrons. The molecular weight excluding hydrogens is 230 g/mol. The number of nitro groups is 1. The van der Waals surface area contributed by atoms with E-state index in [1.165, 1.54) is 0 Å². The molecule has 9 nitrogen and oxygen atoms in total. The number of aliphatic hydroxyl groups excluding tert-OH is 1. The van der Waals surface area contributed by atoms with Gasteiger partial charge in [-0.3, -0.25) is 4.79 Å². The molecule has 1 atom stereocenters. The summed E-state index contributed by atoms with van der Waals surface area (Å²) in [4.78, 5) is 20.4. The first-order valence-corrected chi connectivity index (χ1v) is 5.10. The van der Waals surface area contributed by atoms with E-state index in [2.05, 4.69) is 10.4 Å². The summed E-state index contributed by atoms with van der Waals surface area (Å²) in [5.74, 6) is -0.800. The molecule has 0 bridgehead atoms. The molecule has 6 N–H and O–H groups in total. The number of unbranched alkanes of at least 4 members (excludes halogenated alkanes) is 1. The summed E-state index contributed by atoms with van der Waals surface area (Å²) in [6.45, 7) is 0.409. The molecule has 0 aromatic carbocycles. The highest BCUT2D eigenvalue weighted by molar-refractivity contribution is 5.76. The lowest BCUT2D eigenvalue weighted by atomic mass is 10.1. The quantitative estimate of drug-likeness (QED) is 0.134. The van der Waals surface area contributed by atoms with Crippen LogP contribution in [0.3, 0.4) is 0 Å². The molecule has 0 spiro atoms. The topological polar surface area (TPSA) is 157 Å². The van der Waals surface area contributed by atoms with Crippen LogP contribution in [0.4, 0.5) is 0 Å². The Bertz CT molecular complexity index is 294. The molecule has 0 rings (SSSR count). The Hall–Kier alpha value is -1.90. The van der Waals surface area contributed by atoms with Gasteiger partial charge in [0.05, 0.1) is 12.5 Å². The Balaban J connectivity index is 3.52. The number of rotatable bonds is 8. The van der Waals surface area contributed by atoms with Gasteiger partial charge in [-0.1, -0.05) is 0 Å². The van der Waals surface area contributed by atoms with E-state index in [0.717, 1.165) is 0 Å². The van der Waals surface area contributed by atoms with Crippen molar-refractivity contribution < 1.29 is 14.9 Å². The first kappa shape index (κ1) is 15.1. The van der Waals surface area contributed by atoms with Gasteiger partial charge in [-0.25, -0.2) is 10.1 Å². The van der Waals surface area contributed by atoms with Crippen molar-refractivity contribution in [3.63, 3.8) is 0 Å². The second-order valence-electron chi connectivity index (χ2n) is 3.47. The maximum Gasteiger partial charge on any atom is 0.266 e. The summed E-state index contributed by atoms with van der Waals surface area (Å²) in [6.07, 6.45) is 0.934. The Morgan fingerprint density at radius 1 is 1.47 bits per heavy atom. The average molecular weight is 247 g/mol. The Kier molecular flexibility index (Phi) is 7.35. The molecule has 0 heterocycles. The monoisotopic (exact) mass is 247 g/mol. The molecule has 0 aromatic rings. The number of primary amides is 1. The predicted molar refractivity (Wildman–Crippen MR) is 60.3 cm³/mol. The third-order valence-electron chi connectivity index (χ3n) is 1.90. The van der Waals surface area contributed by atoms with Crippen LogP contribution in [0.25, 0.3) is 0 Å². The lowest BCUT2D eigenvalue weighted by Gasteiger charge is -2.07. The molecule has 0 aliphatic rings. The van der Waals surface area contributed by atoms with Crippen molar-refractivity contribution in [1.82, 2.24) is 5.32 Å². The largest absolute Gasteiger partial charge is 0.393 e. The summed E-state index contributed by atoms with van der Waals surface area (Å²) in [5, 5.41) is 23.7. The Labute approximate surface area is 98.0 Å².